The number of carboxylic acids is 1. The number of rotatable bonds is 8. The van der Waals surface area contributed by atoms with E-state index in [1.165, 1.54) is 0 Å². The molecule has 0 saturated carbocycles. The number of ether oxygens (including phenoxy) is 1. The van der Waals surface area contributed by atoms with Gasteiger partial charge in [0, 0.05) is 6.42 Å². The lowest BCUT2D eigenvalue weighted by Gasteiger charge is -2.10. The van der Waals surface area contributed by atoms with Gasteiger partial charge in [-0.2, -0.15) is 0 Å². The summed E-state index contributed by atoms with van der Waals surface area (Å²) in [5.74, 6) is -0.349. The first kappa shape index (κ1) is 20.4. The molecule has 5 nitrogen and oxygen atoms in total. The lowest BCUT2D eigenvalue weighted by atomic mass is 10.0. The van der Waals surface area contributed by atoms with E-state index in [4.69, 9.17) is 14.8 Å². The Hall–Kier alpha value is -2.38. The van der Waals surface area contributed by atoms with Gasteiger partial charge in [0.05, 0.1) is 21.3 Å². The second-order valence-corrected chi connectivity index (χ2v) is 8.07. The first-order valence-electron chi connectivity index (χ1n) is 8.91. The Kier molecular flexibility index (Phi) is 6.70. The van der Waals surface area contributed by atoms with Crippen LogP contribution >= 0.6 is 27.3 Å². The SMILES string of the molecule is CCOc1cc(C=C(CCCC(=O)O)c2nc3ccccc3s2)cc(Br)c1O. The molecule has 0 aliphatic heterocycles. The summed E-state index contributed by atoms with van der Waals surface area (Å²) in [4.78, 5) is 15.6. The number of nitrogens with zero attached hydrogens (tertiary/aromatic N) is 1. The molecule has 0 amide bonds. The number of hydrogen-bond acceptors (Lipinski definition) is 5. The number of halogens is 1. The maximum absolute atomic E-state index is 10.9. The van der Waals surface area contributed by atoms with E-state index in [2.05, 4.69) is 15.9 Å². The van der Waals surface area contributed by atoms with Crippen LogP contribution in [0.15, 0.2) is 40.9 Å². The van der Waals surface area contributed by atoms with Crippen molar-refractivity contribution in [1.82, 2.24) is 4.98 Å². The molecule has 0 saturated heterocycles. The molecule has 2 N–H and O–H groups in total. The number of phenols is 1. The van der Waals surface area contributed by atoms with E-state index in [0.717, 1.165) is 26.4 Å². The molecule has 0 aliphatic carbocycles. The molecule has 3 aromatic rings. The summed E-state index contributed by atoms with van der Waals surface area (Å²) >= 11 is 4.95. The van der Waals surface area contributed by atoms with Crippen LogP contribution in [0.3, 0.4) is 0 Å². The van der Waals surface area contributed by atoms with Crippen molar-refractivity contribution < 1.29 is 19.7 Å². The summed E-state index contributed by atoms with van der Waals surface area (Å²) in [6.07, 6.45) is 3.20. The van der Waals surface area contributed by atoms with E-state index >= 15 is 0 Å². The van der Waals surface area contributed by atoms with Crippen LogP contribution in [-0.2, 0) is 4.79 Å². The van der Waals surface area contributed by atoms with Crippen molar-refractivity contribution in [3.8, 4) is 11.5 Å². The van der Waals surface area contributed by atoms with Gasteiger partial charge in [-0.15, -0.1) is 11.3 Å². The van der Waals surface area contributed by atoms with Gasteiger partial charge in [-0.1, -0.05) is 12.1 Å². The second kappa shape index (κ2) is 9.21. The van der Waals surface area contributed by atoms with E-state index in [0.29, 0.717) is 29.7 Å². The fourth-order valence-electron chi connectivity index (χ4n) is 2.82. The highest BCUT2D eigenvalue weighted by molar-refractivity contribution is 9.10. The summed E-state index contributed by atoms with van der Waals surface area (Å²) in [5.41, 5.74) is 2.73. The van der Waals surface area contributed by atoms with Crippen LogP contribution in [0.1, 0.15) is 36.8 Å². The molecule has 0 radical (unpaired) electrons. The normalized spacial score (nSPS) is 11.7. The quantitative estimate of drug-likeness (QED) is 0.432. The number of thiazole rings is 1. The van der Waals surface area contributed by atoms with Gasteiger partial charge in [-0.05, 0) is 77.2 Å². The van der Waals surface area contributed by atoms with E-state index in [1.54, 1.807) is 17.4 Å². The fraction of sp³-hybridized carbons (Fsp3) is 0.238. The number of aliphatic carboxylic acids is 1. The van der Waals surface area contributed by atoms with Crippen molar-refractivity contribution in [1.29, 1.82) is 0 Å². The van der Waals surface area contributed by atoms with Crippen molar-refractivity contribution in [2.24, 2.45) is 0 Å². The van der Waals surface area contributed by atoms with Crippen molar-refractivity contribution in [3.05, 3.63) is 51.4 Å². The Morgan fingerprint density at radius 3 is 2.79 bits per heavy atom. The van der Waals surface area contributed by atoms with Crippen LogP contribution in [0.5, 0.6) is 11.5 Å². The molecule has 0 fully saturated rings. The van der Waals surface area contributed by atoms with Gasteiger partial charge in [-0.25, -0.2) is 4.98 Å². The monoisotopic (exact) mass is 461 g/mol. The number of phenolic OH excluding ortho intramolecular Hbond substituents is 1. The zero-order valence-electron chi connectivity index (χ0n) is 15.3. The zero-order valence-corrected chi connectivity index (χ0v) is 17.7. The Morgan fingerprint density at radius 1 is 1.29 bits per heavy atom. The highest BCUT2D eigenvalue weighted by atomic mass is 79.9. The van der Waals surface area contributed by atoms with Crippen LogP contribution < -0.4 is 4.74 Å². The number of carbonyl (C=O) groups is 1. The minimum absolute atomic E-state index is 0.0615. The number of carboxylic acid groups (broad SMARTS) is 1. The molecule has 0 aliphatic rings. The van der Waals surface area contributed by atoms with Crippen LogP contribution in [-0.4, -0.2) is 27.8 Å². The van der Waals surface area contributed by atoms with E-state index in [1.807, 2.05) is 43.3 Å². The molecule has 0 bridgehead atoms. The Labute approximate surface area is 175 Å². The molecule has 1 heterocycles. The molecule has 28 heavy (non-hydrogen) atoms. The summed E-state index contributed by atoms with van der Waals surface area (Å²) < 4.78 is 7.13. The van der Waals surface area contributed by atoms with Gasteiger partial charge >= 0.3 is 5.97 Å². The van der Waals surface area contributed by atoms with Gasteiger partial charge in [0.25, 0.3) is 0 Å². The number of fused-ring (bicyclic) bond motifs is 1. The summed E-state index contributed by atoms with van der Waals surface area (Å²) in [6, 6.07) is 11.5. The molecule has 0 unspecified atom stereocenters. The molecule has 0 atom stereocenters. The highest BCUT2D eigenvalue weighted by Gasteiger charge is 2.13. The molecule has 146 valence electrons. The molecular weight excluding hydrogens is 442 g/mol. The average Bonchev–Trinajstić information content (AvgIpc) is 3.09. The lowest BCUT2D eigenvalue weighted by molar-refractivity contribution is -0.137. The second-order valence-electron chi connectivity index (χ2n) is 6.19. The molecule has 3 rings (SSSR count). The van der Waals surface area contributed by atoms with Crippen LogP contribution in [0.25, 0.3) is 21.9 Å². The van der Waals surface area contributed by atoms with Crippen LogP contribution in [0.2, 0.25) is 0 Å². The van der Waals surface area contributed by atoms with Gasteiger partial charge < -0.3 is 14.9 Å². The fourth-order valence-corrected chi connectivity index (χ4v) is 4.29. The lowest BCUT2D eigenvalue weighted by Crippen LogP contribution is -1.95. The smallest absolute Gasteiger partial charge is 0.303 e. The van der Waals surface area contributed by atoms with Crippen LogP contribution in [0.4, 0.5) is 0 Å². The number of aromatic nitrogens is 1. The third kappa shape index (κ3) is 4.91. The largest absolute Gasteiger partial charge is 0.503 e. The van der Waals surface area contributed by atoms with Crippen molar-refractivity contribution in [3.63, 3.8) is 0 Å². The van der Waals surface area contributed by atoms with E-state index in [9.17, 15) is 9.90 Å². The van der Waals surface area contributed by atoms with Crippen molar-refractivity contribution in [2.75, 3.05) is 6.61 Å². The van der Waals surface area contributed by atoms with E-state index < -0.39 is 5.97 Å². The molecule has 7 heteroatoms. The molecular formula is C21H20BrNO4S. The van der Waals surface area contributed by atoms with Gasteiger partial charge in [0.2, 0.25) is 0 Å². The van der Waals surface area contributed by atoms with Gasteiger partial charge in [0.15, 0.2) is 11.5 Å². The number of benzene rings is 2. The van der Waals surface area contributed by atoms with Crippen LogP contribution in [0, 0.1) is 0 Å². The van der Waals surface area contributed by atoms with Gasteiger partial charge in [-0.3, -0.25) is 4.79 Å². The first-order valence-corrected chi connectivity index (χ1v) is 10.5. The Bertz CT molecular complexity index is 995. The highest BCUT2D eigenvalue weighted by Crippen LogP contribution is 2.38. The third-order valence-corrected chi connectivity index (χ3v) is 5.81. The number of hydrogen-bond donors (Lipinski definition) is 2. The number of allylic oxidation sites excluding steroid dienone is 1. The number of aromatic hydroxyl groups is 1. The average molecular weight is 462 g/mol. The maximum atomic E-state index is 10.9. The van der Waals surface area contributed by atoms with Crippen molar-refractivity contribution in [2.45, 2.75) is 26.2 Å². The molecule has 2 aromatic carbocycles. The van der Waals surface area contributed by atoms with E-state index in [-0.39, 0.29) is 12.2 Å². The molecule has 0 spiro atoms. The Morgan fingerprint density at radius 2 is 2.07 bits per heavy atom. The summed E-state index contributed by atoms with van der Waals surface area (Å²) in [6.45, 7) is 2.30. The summed E-state index contributed by atoms with van der Waals surface area (Å²) in [5, 5.41) is 20.0. The third-order valence-electron chi connectivity index (χ3n) is 4.10. The maximum Gasteiger partial charge on any atom is 0.303 e. The molecule has 1 aromatic heterocycles. The standard InChI is InChI=1S/C21H20BrNO4S/c1-2-27-17-12-13(11-15(22)20(17)26)10-14(6-5-9-19(24)25)21-23-16-7-3-4-8-18(16)28-21/h3-4,7-8,10-12,26H,2,5-6,9H2,1H3,(H,24,25). The minimum Gasteiger partial charge on any atom is -0.503 e. The predicted octanol–water partition coefficient (Wildman–Crippen LogP) is 5.96. The van der Waals surface area contributed by atoms with Crippen molar-refractivity contribution >= 4 is 55.1 Å². The topological polar surface area (TPSA) is 79.7 Å². The zero-order chi connectivity index (χ0) is 20.1. The number of para-hydroxylation sites is 1. The Balaban J connectivity index is 2.01. The first-order chi connectivity index (χ1) is 13.5. The predicted molar refractivity (Wildman–Crippen MR) is 116 cm³/mol. The minimum atomic E-state index is -0.811. The van der Waals surface area contributed by atoms with Gasteiger partial charge in [0.1, 0.15) is 5.01 Å². The summed E-state index contributed by atoms with van der Waals surface area (Å²) in [7, 11) is 0.